The van der Waals surface area contributed by atoms with Crippen molar-refractivity contribution < 1.29 is 36.8 Å². The average molecular weight is 546 g/mol. The maximum absolute atomic E-state index is 13.5. The molecular weight excluding hydrogens is 517 g/mol. The molecule has 1 aromatic heterocycles. The van der Waals surface area contributed by atoms with Crippen molar-refractivity contribution in [1.82, 2.24) is 5.27 Å². The Kier molecular flexibility index (Phi) is 8.17. The van der Waals surface area contributed by atoms with E-state index in [9.17, 15) is 27.6 Å². The molecule has 4 rings (SSSR count). The molecule has 0 radical (unpaired) electrons. The number of carbonyl (C=O) groups excluding carboxylic acids is 3. The largest absolute Gasteiger partial charge is 0.416 e. The van der Waals surface area contributed by atoms with Crippen molar-refractivity contribution in [2.75, 3.05) is 16.0 Å². The van der Waals surface area contributed by atoms with Gasteiger partial charge in [0.1, 0.15) is 0 Å². The molecule has 2 aromatic carbocycles. The van der Waals surface area contributed by atoms with E-state index in [-0.39, 0.29) is 41.5 Å². The first-order chi connectivity index (χ1) is 18.5. The number of benzene rings is 2. The van der Waals surface area contributed by atoms with Gasteiger partial charge in [-0.1, -0.05) is 24.3 Å². The predicted octanol–water partition coefficient (Wildman–Crippen LogP) is 4.33. The standard InChI is InChI=1S/C26H27F3N6O4/c1-15-5-2-3-6-16(15)10-22(36)31-19-11-18(26(27,28)29)12-20(13-19)32-25(38)33-23-14-35(34-39-23)21-8-4-7-17(9-21)24(30)37/h2-3,5-6,11-14,17,21H,4,7-10H2,1H3,(H4-,30,31,32,33,34,36,37,38)/p+1/t17-,21+/m1/s1. The van der Waals surface area contributed by atoms with Crippen molar-refractivity contribution in [3.8, 4) is 0 Å². The van der Waals surface area contributed by atoms with Crippen LogP contribution in [0.25, 0.3) is 0 Å². The molecule has 4 amide bonds. The highest BCUT2D eigenvalue weighted by Gasteiger charge is 2.34. The van der Waals surface area contributed by atoms with Crippen LogP contribution in [0.2, 0.25) is 0 Å². The molecule has 10 nitrogen and oxygen atoms in total. The number of hydrogen-bond donors (Lipinski definition) is 4. The highest BCUT2D eigenvalue weighted by atomic mass is 19.4. The van der Waals surface area contributed by atoms with Crippen LogP contribution in [0.4, 0.5) is 35.2 Å². The number of urea groups is 1. The Labute approximate surface area is 221 Å². The Morgan fingerprint density at radius 3 is 2.49 bits per heavy atom. The van der Waals surface area contributed by atoms with E-state index in [4.69, 9.17) is 10.3 Å². The molecule has 206 valence electrons. The molecule has 1 aliphatic rings. The first-order valence-corrected chi connectivity index (χ1v) is 12.3. The number of primary amides is 1. The van der Waals surface area contributed by atoms with Crippen molar-refractivity contribution in [2.45, 2.75) is 51.2 Å². The quantitative estimate of drug-likeness (QED) is 0.327. The van der Waals surface area contributed by atoms with E-state index in [0.717, 1.165) is 36.1 Å². The third-order valence-corrected chi connectivity index (χ3v) is 6.56. The molecule has 1 saturated carbocycles. The Morgan fingerprint density at radius 1 is 1.08 bits per heavy atom. The molecule has 0 saturated heterocycles. The molecule has 5 N–H and O–H groups in total. The summed E-state index contributed by atoms with van der Waals surface area (Å²) in [5.74, 6) is -1.22. The number of carbonyl (C=O) groups is 3. The van der Waals surface area contributed by atoms with Crippen molar-refractivity contribution in [1.29, 1.82) is 0 Å². The normalized spacial score (nSPS) is 17.3. The van der Waals surface area contributed by atoms with Crippen LogP contribution in [0.15, 0.2) is 53.2 Å². The van der Waals surface area contributed by atoms with E-state index in [0.29, 0.717) is 12.8 Å². The number of nitrogens with two attached hydrogens (primary N) is 1. The van der Waals surface area contributed by atoms with Gasteiger partial charge in [0.2, 0.25) is 17.1 Å². The summed E-state index contributed by atoms with van der Waals surface area (Å²) in [6, 6.07) is 8.92. The smallest absolute Gasteiger partial charge is 0.369 e. The number of halogens is 3. The molecule has 1 fully saturated rings. The van der Waals surface area contributed by atoms with Crippen molar-refractivity contribution >= 4 is 35.1 Å². The second-order valence-corrected chi connectivity index (χ2v) is 9.49. The van der Waals surface area contributed by atoms with Gasteiger partial charge >= 0.3 is 18.1 Å². The summed E-state index contributed by atoms with van der Waals surface area (Å²) in [5, 5.41) is 11.1. The maximum Gasteiger partial charge on any atom is 0.416 e. The van der Waals surface area contributed by atoms with E-state index < -0.39 is 23.7 Å². The number of nitrogens with one attached hydrogen (secondary N) is 3. The van der Waals surface area contributed by atoms with Gasteiger partial charge in [0.25, 0.3) is 6.20 Å². The SMILES string of the molecule is Cc1ccccc1CC(=O)Nc1cc(NC(=O)Nc2c[n+]([C@H]3CCC[C@@H](C(N)=O)C3)no2)cc(C(F)(F)F)c1. The molecule has 13 heteroatoms. The lowest BCUT2D eigenvalue weighted by Gasteiger charge is -2.20. The Bertz CT molecular complexity index is 1370. The Balaban J connectivity index is 1.43. The summed E-state index contributed by atoms with van der Waals surface area (Å²) in [7, 11) is 0. The molecule has 0 aliphatic heterocycles. The highest BCUT2D eigenvalue weighted by Crippen LogP contribution is 2.34. The summed E-state index contributed by atoms with van der Waals surface area (Å²) in [6.45, 7) is 1.83. The first-order valence-electron chi connectivity index (χ1n) is 12.3. The minimum atomic E-state index is -4.72. The number of rotatable bonds is 7. The fourth-order valence-electron chi connectivity index (χ4n) is 4.54. The van der Waals surface area contributed by atoms with Crippen LogP contribution < -0.4 is 26.4 Å². The number of amides is 4. The van der Waals surface area contributed by atoms with Crippen molar-refractivity contribution in [2.24, 2.45) is 11.7 Å². The van der Waals surface area contributed by atoms with Gasteiger partial charge in [-0.2, -0.15) is 13.2 Å². The molecular formula is C26H28F3N6O4+. The predicted molar refractivity (Wildman–Crippen MR) is 134 cm³/mol. The number of hydrogen-bond acceptors (Lipinski definition) is 5. The van der Waals surface area contributed by atoms with Crippen LogP contribution in [0.3, 0.4) is 0 Å². The first kappa shape index (κ1) is 27.6. The maximum atomic E-state index is 13.5. The number of aryl methyl sites for hydroxylation is 1. The molecule has 2 atom stereocenters. The van der Waals surface area contributed by atoms with Gasteiger partial charge in [0.05, 0.1) is 12.0 Å². The van der Waals surface area contributed by atoms with Gasteiger partial charge in [-0.05, 0) is 53.8 Å². The molecule has 3 aromatic rings. The fourth-order valence-corrected chi connectivity index (χ4v) is 4.54. The molecule has 1 heterocycles. The van der Waals surface area contributed by atoms with E-state index in [1.807, 2.05) is 19.1 Å². The number of anilines is 3. The average Bonchev–Trinajstić information content (AvgIpc) is 3.33. The number of nitrogens with zero attached hydrogens (tertiary/aromatic N) is 2. The Morgan fingerprint density at radius 2 is 1.79 bits per heavy atom. The van der Waals surface area contributed by atoms with E-state index >= 15 is 0 Å². The third kappa shape index (κ3) is 7.33. The van der Waals surface area contributed by atoms with Crippen LogP contribution in [0.5, 0.6) is 0 Å². The summed E-state index contributed by atoms with van der Waals surface area (Å²) < 4.78 is 47.2. The summed E-state index contributed by atoms with van der Waals surface area (Å²) in [5.41, 5.74) is 5.66. The van der Waals surface area contributed by atoms with Crippen LogP contribution in [-0.2, 0) is 22.2 Å². The van der Waals surface area contributed by atoms with Gasteiger partial charge in [-0.3, -0.25) is 19.4 Å². The topological polar surface area (TPSA) is 143 Å². The zero-order chi connectivity index (χ0) is 28.2. The van der Waals surface area contributed by atoms with E-state index in [1.165, 1.54) is 16.9 Å². The second kappa shape index (κ2) is 11.5. The number of alkyl halides is 3. The lowest BCUT2D eigenvalue weighted by atomic mass is 9.85. The fraction of sp³-hybridized carbons (Fsp3) is 0.346. The van der Waals surface area contributed by atoms with Gasteiger partial charge < -0.3 is 16.4 Å². The molecule has 0 bridgehead atoms. The lowest BCUT2D eigenvalue weighted by molar-refractivity contribution is -0.787. The minimum Gasteiger partial charge on any atom is -0.369 e. The molecule has 39 heavy (non-hydrogen) atoms. The minimum absolute atomic E-state index is 0.0289. The van der Waals surface area contributed by atoms with Crippen molar-refractivity contribution in [3.05, 3.63) is 65.4 Å². The molecule has 1 aliphatic carbocycles. The van der Waals surface area contributed by atoms with Crippen LogP contribution in [0.1, 0.15) is 48.4 Å². The van der Waals surface area contributed by atoms with E-state index in [1.54, 1.807) is 12.1 Å². The molecule has 0 unspecified atom stereocenters. The number of aromatic nitrogens is 2. The summed E-state index contributed by atoms with van der Waals surface area (Å²) in [4.78, 5) is 36.6. The zero-order valence-corrected chi connectivity index (χ0v) is 21.0. The van der Waals surface area contributed by atoms with Crippen LogP contribution in [0, 0.1) is 12.8 Å². The summed E-state index contributed by atoms with van der Waals surface area (Å²) in [6.07, 6.45) is -0.613. The van der Waals surface area contributed by atoms with E-state index in [2.05, 4.69) is 21.2 Å². The van der Waals surface area contributed by atoms with Gasteiger partial charge in [0, 0.05) is 30.1 Å². The highest BCUT2D eigenvalue weighted by molar-refractivity contribution is 6.00. The lowest BCUT2D eigenvalue weighted by Crippen LogP contribution is -2.44. The third-order valence-electron chi connectivity index (χ3n) is 6.56. The zero-order valence-electron chi connectivity index (χ0n) is 21.0. The van der Waals surface area contributed by atoms with Gasteiger partial charge in [0.15, 0.2) is 6.04 Å². The van der Waals surface area contributed by atoms with Crippen LogP contribution >= 0.6 is 0 Å². The Hall–Kier alpha value is -4.42. The van der Waals surface area contributed by atoms with Crippen molar-refractivity contribution in [3.63, 3.8) is 0 Å². The van der Waals surface area contributed by atoms with Gasteiger partial charge in [-0.15, -0.1) is 0 Å². The molecule has 0 spiro atoms. The monoisotopic (exact) mass is 545 g/mol. The van der Waals surface area contributed by atoms with Crippen LogP contribution in [-0.4, -0.2) is 23.1 Å². The van der Waals surface area contributed by atoms with Gasteiger partial charge in [-0.25, -0.2) is 4.79 Å². The summed E-state index contributed by atoms with van der Waals surface area (Å²) >= 11 is 0. The second-order valence-electron chi connectivity index (χ2n) is 9.49.